The predicted molar refractivity (Wildman–Crippen MR) is 43.5 cm³/mol. The second-order valence-corrected chi connectivity index (χ2v) is 3.91. The molecule has 0 bridgehead atoms. The minimum absolute atomic E-state index is 0.0202. The van der Waals surface area contributed by atoms with Gasteiger partial charge >= 0.3 is 5.97 Å². The molecule has 12 heavy (non-hydrogen) atoms. The van der Waals surface area contributed by atoms with Crippen molar-refractivity contribution in [3.05, 3.63) is 0 Å². The molecule has 3 heteroatoms. The van der Waals surface area contributed by atoms with Crippen LogP contribution in [0.2, 0.25) is 0 Å². The lowest BCUT2D eigenvalue weighted by Crippen LogP contribution is -2.31. The van der Waals surface area contributed by atoms with Gasteiger partial charge in [0.1, 0.15) is 11.7 Å². The van der Waals surface area contributed by atoms with Crippen molar-refractivity contribution in [3.63, 3.8) is 0 Å². The van der Waals surface area contributed by atoms with Gasteiger partial charge in [0.2, 0.25) is 0 Å². The molecule has 0 aliphatic heterocycles. The van der Waals surface area contributed by atoms with Crippen molar-refractivity contribution in [2.45, 2.75) is 26.7 Å². The molecule has 1 aliphatic rings. The van der Waals surface area contributed by atoms with Crippen molar-refractivity contribution >= 4 is 11.8 Å². The number of methoxy groups -OCH3 is 1. The SMILES string of the molecule is COC(=O)C1C(=O)CCC1(C)C. The van der Waals surface area contributed by atoms with Crippen LogP contribution in [-0.4, -0.2) is 18.9 Å². The van der Waals surface area contributed by atoms with E-state index in [0.717, 1.165) is 6.42 Å². The highest BCUT2D eigenvalue weighted by molar-refractivity contribution is 6.01. The Bertz CT molecular complexity index is 218. The van der Waals surface area contributed by atoms with Crippen LogP contribution < -0.4 is 0 Å². The van der Waals surface area contributed by atoms with Crippen molar-refractivity contribution in [2.24, 2.45) is 11.3 Å². The highest BCUT2D eigenvalue weighted by atomic mass is 16.5. The quantitative estimate of drug-likeness (QED) is 0.438. The van der Waals surface area contributed by atoms with Crippen molar-refractivity contribution in [1.82, 2.24) is 0 Å². The summed E-state index contributed by atoms with van der Waals surface area (Å²) in [6, 6.07) is 0. The number of carbonyl (C=O) groups is 2. The Hall–Kier alpha value is -0.860. The third kappa shape index (κ3) is 1.36. The Labute approximate surface area is 72.1 Å². The number of hydrogen-bond acceptors (Lipinski definition) is 3. The van der Waals surface area contributed by atoms with Crippen molar-refractivity contribution in [1.29, 1.82) is 0 Å². The lowest BCUT2D eigenvalue weighted by molar-refractivity contribution is -0.151. The van der Waals surface area contributed by atoms with E-state index >= 15 is 0 Å². The Balaban J connectivity index is 2.85. The molecule has 0 aromatic rings. The normalized spacial score (nSPS) is 27.2. The molecule has 0 aromatic carbocycles. The summed E-state index contributed by atoms with van der Waals surface area (Å²) in [6.45, 7) is 3.86. The van der Waals surface area contributed by atoms with E-state index in [1.54, 1.807) is 0 Å². The fraction of sp³-hybridized carbons (Fsp3) is 0.778. The van der Waals surface area contributed by atoms with Crippen LogP contribution in [0.3, 0.4) is 0 Å². The zero-order valence-corrected chi connectivity index (χ0v) is 7.72. The van der Waals surface area contributed by atoms with E-state index in [-0.39, 0.29) is 17.2 Å². The molecule has 1 unspecified atom stereocenters. The molecule has 0 radical (unpaired) electrons. The van der Waals surface area contributed by atoms with Crippen LogP contribution in [0.15, 0.2) is 0 Å². The third-order valence-corrected chi connectivity index (χ3v) is 2.56. The maximum Gasteiger partial charge on any atom is 0.316 e. The molecular formula is C9H14O3. The number of rotatable bonds is 1. The Morgan fingerprint density at radius 2 is 2.17 bits per heavy atom. The topological polar surface area (TPSA) is 43.4 Å². The molecule has 1 fully saturated rings. The summed E-state index contributed by atoms with van der Waals surface area (Å²) < 4.78 is 4.58. The lowest BCUT2D eigenvalue weighted by atomic mass is 9.82. The summed E-state index contributed by atoms with van der Waals surface area (Å²) in [4.78, 5) is 22.5. The van der Waals surface area contributed by atoms with Crippen molar-refractivity contribution in [3.8, 4) is 0 Å². The number of ketones is 1. The molecule has 1 atom stereocenters. The standard InChI is InChI=1S/C9H14O3/c1-9(2)5-4-6(10)7(9)8(11)12-3/h7H,4-5H2,1-3H3. The first-order valence-corrected chi connectivity index (χ1v) is 4.09. The van der Waals surface area contributed by atoms with Gasteiger partial charge in [-0.3, -0.25) is 9.59 Å². The van der Waals surface area contributed by atoms with Crippen LogP contribution >= 0.6 is 0 Å². The summed E-state index contributed by atoms with van der Waals surface area (Å²) in [5.74, 6) is -0.906. The van der Waals surface area contributed by atoms with Gasteiger partial charge in [-0.05, 0) is 11.8 Å². The smallest absolute Gasteiger partial charge is 0.316 e. The predicted octanol–water partition coefficient (Wildman–Crippen LogP) is 1.16. The van der Waals surface area contributed by atoms with Gasteiger partial charge < -0.3 is 4.74 Å². The summed E-state index contributed by atoms with van der Waals surface area (Å²) in [5.41, 5.74) is -0.218. The van der Waals surface area contributed by atoms with E-state index < -0.39 is 5.92 Å². The molecule has 1 rings (SSSR count). The molecule has 0 saturated heterocycles. The van der Waals surface area contributed by atoms with Gasteiger partial charge in [-0.25, -0.2) is 0 Å². The minimum atomic E-state index is -0.539. The molecule has 0 N–H and O–H groups in total. The fourth-order valence-electron chi connectivity index (χ4n) is 1.74. The largest absolute Gasteiger partial charge is 0.468 e. The zero-order valence-electron chi connectivity index (χ0n) is 7.72. The summed E-state index contributed by atoms with van der Waals surface area (Å²) in [6.07, 6.45) is 1.29. The number of hydrogen-bond donors (Lipinski definition) is 0. The van der Waals surface area contributed by atoms with E-state index in [2.05, 4.69) is 4.74 Å². The summed E-state index contributed by atoms with van der Waals surface area (Å²) in [5, 5.41) is 0. The first-order valence-electron chi connectivity index (χ1n) is 4.09. The number of esters is 1. The fourth-order valence-corrected chi connectivity index (χ4v) is 1.74. The summed E-state index contributed by atoms with van der Waals surface area (Å²) in [7, 11) is 1.32. The second-order valence-electron chi connectivity index (χ2n) is 3.91. The van der Waals surface area contributed by atoms with Gasteiger partial charge in [0.15, 0.2) is 0 Å². The molecule has 68 valence electrons. The number of carbonyl (C=O) groups excluding carboxylic acids is 2. The van der Waals surface area contributed by atoms with E-state index in [9.17, 15) is 9.59 Å². The Morgan fingerprint density at radius 1 is 1.58 bits per heavy atom. The van der Waals surface area contributed by atoms with Crippen molar-refractivity contribution < 1.29 is 14.3 Å². The highest BCUT2D eigenvalue weighted by Gasteiger charge is 2.46. The maximum absolute atomic E-state index is 11.3. The Morgan fingerprint density at radius 3 is 2.50 bits per heavy atom. The van der Waals surface area contributed by atoms with E-state index in [0.29, 0.717) is 6.42 Å². The second kappa shape index (κ2) is 2.88. The first kappa shape index (κ1) is 9.23. The van der Waals surface area contributed by atoms with Gasteiger partial charge in [0.25, 0.3) is 0 Å². The molecule has 0 heterocycles. The molecule has 0 spiro atoms. The lowest BCUT2D eigenvalue weighted by Gasteiger charge is -2.22. The van der Waals surface area contributed by atoms with Crippen LogP contribution in [0.4, 0.5) is 0 Å². The van der Waals surface area contributed by atoms with Crippen LogP contribution in [0.25, 0.3) is 0 Å². The van der Waals surface area contributed by atoms with Gasteiger partial charge in [0.05, 0.1) is 7.11 Å². The van der Waals surface area contributed by atoms with Gasteiger partial charge in [-0.1, -0.05) is 13.8 Å². The summed E-state index contributed by atoms with van der Waals surface area (Å²) >= 11 is 0. The third-order valence-electron chi connectivity index (χ3n) is 2.56. The van der Waals surface area contributed by atoms with Gasteiger partial charge in [-0.2, -0.15) is 0 Å². The maximum atomic E-state index is 11.3. The van der Waals surface area contributed by atoms with Crippen LogP contribution in [-0.2, 0) is 14.3 Å². The van der Waals surface area contributed by atoms with E-state index in [1.165, 1.54) is 7.11 Å². The Kier molecular flexibility index (Phi) is 2.22. The zero-order chi connectivity index (χ0) is 9.35. The van der Waals surface area contributed by atoms with Crippen LogP contribution in [0, 0.1) is 11.3 Å². The first-order chi connectivity index (χ1) is 5.49. The molecule has 1 saturated carbocycles. The van der Waals surface area contributed by atoms with Gasteiger partial charge in [0, 0.05) is 6.42 Å². The van der Waals surface area contributed by atoms with Crippen LogP contribution in [0.1, 0.15) is 26.7 Å². The number of ether oxygens (including phenoxy) is 1. The molecule has 0 aromatic heterocycles. The minimum Gasteiger partial charge on any atom is -0.468 e. The molecule has 3 nitrogen and oxygen atoms in total. The highest BCUT2D eigenvalue weighted by Crippen LogP contribution is 2.40. The van der Waals surface area contributed by atoms with Crippen LogP contribution in [0.5, 0.6) is 0 Å². The average Bonchev–Trinajstić information content (AvgIpc) is 2.25. The average molecular weight is 170 g/mol. The van der Waals surface area contributed by atoms with E-state index in [4.69, 9.17) is 0 Å². The molecule has 0 amide bonds. The monoisotopic (exact) mass is 170 g/mol. The molecule has 1 aliphatic carbocycles. The number of Topliss-reactive ketones (excluding diaryl/α,β-unsaturated/α-hetero) is 1. The van der Waals surface area contributed by atoms with Crippen molar-refractivity contribution in [2.75, 3.05) is 7.11 Å². The van der Waals surface area contributed by atoms with Gasteiger partial charge in [-0.15, -0.1) is 0 Å². The molecular weight excluding hydrogens is 156 g/mol. The van der Waals surface area contributed by atoms with E-state index in [1.807, 2.05) is 13.8 Å².